The van der Waals surface area contributed by atoms with E-state index in [1.54, 1.807) is 0 Å². The van der Waals surface area contributed by atoms with Crippen molar-refractivity contribution in [1.82, 2.24) is 9.88 Å². The zero-order valence-electron chi connectivity index (χ0n) is 12.8. The van der Waals surface area contributed by atoms with Crippen molar-refractivity contribution >= 4 is 16.7 Å². The van der Waals surface area contributed by atoms with Crippen molar-refractivity contribution in [3.05, 3.63) is 71.9 Å². The molecule has 0 fully saturated rings. The SMILES string of the molecule is CN(CCC(=O)c1c[nH]c2ccccc12)Cc1ccccc1. The van der Waals surface area contributed by atoms with Crippen LogP contribution >= 0.6 is 0 Å². The summed E-state index contributed by atoms with van der Waals surface area (Å²) in [6.07, 6.45) is 2.36. The van der Waals surface area contributed by atoms with Crippen molar-refractivity contribution in [2.45, 2.75) is 13.0 Å². The summed E-state index contributed by atoms with van der Waals surface area (Å²) in [7, 11) is 2.05. The van der Waals surface area contributed by atoms with Gasteiger partial charge >= 0.3 is 0 Å². The van der Waals surface area contributed by atoms with Gasteiger partial charge in [0.2, 0.25) is 0 Å². The number of hydrogen-bond acceptors (Lipinski definition) is 2. The smallest absolute Gasteiger partial charge is 0.166 e. The Labute approximate surface area is 130 Å². The summed E-state index contributed by atoms with van der Waals surface area (Å²) in [6.45, 7) is 1.62. The third-order valence-electron chi connectivity index (χ3n) is 3.91. The van der Waals surface area contributed by atoms with Crippen molar-refractivity contribution in [2.24, 2.45) is 0 Å². The van der Waals surface area contributed by atoms with E-state index in [0.29, 0.717) is 6.42 Å². The first-order valence-electron chi connectivity index (χ1n) is 7.56. The van der Waals surface area contributed by atoms with Gasteiger partial charge in [-0.25, -0.2) is 0 Å². The zero-order valence-corrected chi connectivity index (χ0v) is 12.8. The fourth-order valence-electron chi connectivity index (χ4n) is 2.70. The Hall–Kier alpha value is -2.39. The van der Waals surface area contributed by atoms with E-state index >= 15 is 0 Å². The Kier molecular flexibility index (Phi) is 4.35. The molecule has 112 valence electrons. The quantitative estimate of drug-likeness (QED) is 0.700. The molecular formula is C19H20N2O. The van der Waals surface area contributed by atoms with Gasteiger partial charge in [-0.2, -0.15) is 0 Å². The van der Waals surface area contributed by atoms with Crippen molar-refractivity contribution in [3.63, 3.8) is 0 Å². The van der Waals surface area contributed by atoms with Crippen LogP contribution in [0.15, 0.2) is 60.8 Å². The van der Waals surface area contributed by atoms with E-state index in [9.17, 15) is 4.79 Å². The first kappa shape index (κ1) is 14.5. The first-order chi connectivity index (χ1) is 10.7. The van der Waals surface area contributed by atoms with Crippen molar-refractivity contribution in [1.29, 1.82) is 0 Å². The second-order valence-corrected chi connectivity index (χ2v) is 5.64. The van der Waals surface area contributed by atoms with Crippen LogP contribution in [-0.4, -0.2) is 29.3 Å². The fourth-order valence-corrected chi connectivity index (χ4v) is 2.70. The third kappa shape index (κ3) is 3.26. The molecule has 0 bridgehead atoms. The number of carbonyl (C=O) groups excluding carboxylic acids is 1. The number of para-hydroxylation sites is 1. The number of nitrogens with one attached hydrogen (secondary N) is 1. The molecule has 3 nitrogen and oxygen atoms in total. The third-order valence-corrected chi connectivity index (χ3v) is 3.91. The number of fused-ring (bicyclic) bond motifs is 1. The molecule has 0 saturated carbocycles. The maximum Gasteiger partial charge on any atom is 0.166 e. The summed E-state index contributed by atoms with van der Waals surface area (Å²) < 4.78 is 0. The summed E-state index contributed by atoms with van der Waals surface area (Å²) in [5, 5.41) is 1.01. The van der Waals surface area contributed by atoms with Gasteiger partial charge in [-0.1, -0.05) is 48.5 Å². The van der Waals surface area contributed by atoms with Crippen LogP contribution in [0, 0.1) is 0 Å². The molecule has 0 saturated heterocycles. The van der Waals surface area contributed by atoms with E-state index in [0.717, 1.165) is 29.6 Å². The molecule has 0 atom stereocenters. The summed E-state index contributed by atoms with van der Waals surface area (Å²) in [4.78, 5) is 17.8. The lowest BCUT2D eigenvalue weighted by Crippen LogP contribution is -2.21. The molecule has 0 amide bonds. The van der Waals surface area contributed by atoms with Gasteiger partial charge in [0.15, 0.2) is 5.78 Å². The van der Waals surface area contributed by atoms with E-state index in [4.69, 9.17) is 0 Å². The van der Waals surface area contributed by atoms with E-state index in [2.05, 4.69) is 29.1 Å². The number of aromatic amines is 1. The number of carbonyl (C=O) groups is 1. The number of Topliss-reactive ketones (excluding diaryl/α,β-unsaturated/α-hetero) is 1. The number of benzene rings is 2. The summed E-state index contributed by atoms with van der Waals surface area (Å²) >= 11 is 0. The molecule has 0 aliphatic carbocycles. The average molecular weight is 292 g/mol. The highest BCUT2D eigenvalue weighted by atomic mass is 16.1. The van der Waals surface area contributed by atoms with Gasteiger partial charge < -0.3 is 9.88 Å². The second kappa shape index (κ2) is 6.58. The number of aromatic nitrogens is 1. The maximum atomic E-state index is 12.4. The fraction of sp³-hybridized carbons (Fsp3) is 0.211. The van der Waals surface area contributed by atoms with Crippen LogP contribution in [0.2, 0.25) is 0 Å². The summed E-state index contributed by atoms with van der Waals surface area (Å²) in [6, 6.07) is 18.2. The Morgan fingerprint density at radius 2 is 1.77 bits per heavy atom. The van der Waals surface area contributed by atoms with Crippen LogP contribution in [0.3, 0.4) is 0 Å². The molecule has 0 spiro atoms. The lowest BCUT2D eigenvalue weighted by atomic mass is 10.1. The van der Waals surface area contributed by atoms with E-state index < -0.39 is 0 Å². The molecule has 2 aromatic carbocycles. The van der Waals surface area contributed by atoms with Crippen LogP contribution in [-0.2, 0) is 6.54 Å². The minimum absolute atomic E-state index is 0.192. The molecule has 0 aliphatic heterocycles. The molecule has 3 rings (SSSR count). The highest BCUT2D eigenvalue weighted by molar-refractivity contribution is 6.07. The van der Waals surface area contributed by atoms with E-state index in [-0.39, 0.29) is 5.78 Å². The van der Waals surface area contributed by atoms with Gasteiger partial charge in [0.05, 0.1) is 0 Å². The molecule has 1 heterocycles. The molecule has 0 unspecified atom stereocenters. The predicted molar refractivity (Wildman–Crippen MR) is 90.0 cm³/mol. The predicted octanol–water partition coefficient (Wildman–Crippen LogP) is 3.87. The second-order valence-electron chi connectivity index (χ2n) is 5.64. The topological polar surface area (TPSA) is 36.1 Å². The average Bonchev–Trinajstić information content (AvgIpc) is 2.98. The van der Waals surface area contributed by atoms with Crippen LogP contribution in [0.25, 0.3) is 10.9 Å². The highest BCUT2D eigenvalue weighted by Crippen LogP contribution is 2.19. The molecule has 1 N–H and O–H groups in total. The number of hydrogen-bond donors (Lipinski definition) is 1. The van der Waals surface area contributed by atoms with Gasteiger partial charge in [-0.3, -0.25) is 4.79 Å². The zero-order chi connectivity index (χ0) is 15.4. The minimum Gasteiger partial charge on any atom is -0.360 e. The molecule has 3 aromatic rings. The highest BCUT2D eigenvalue weighted by Gasteiger charge is 2.12. The van der Waals surface area contributed by atoms with E-state index in [1.165, 1.54) is 5.56 Å². The van der Waals surface area contributed by atoms with Crippen molar-refractivity contribution in [3.8, 4) is 0 Å². The van der Waals surface area contributed by atoms with Crippen LogP contribution in [0.5, 0.6) is 0 Å². The van der Waals surface area contributed by atoms with Crippen molar-refractivity contribution in [2.75, 3.05) is 13.6 Å². The van der Waals surface area contributed by atoms with Crippen LogP contribution in [0.4, 0.5) is 0 Å². The lowest BCUT2D eigenvalue weighted by molar-refractivity contribution is 0.0969. The Morgan fingerprint density at radius 1 is 1.05 bits per heavy atom. The Bertz CT molecular complexity index is 761. The molecule has 1 aromatic heterocycles. The van der Waals surface area contributed by atoms with Crippen LogP contribution in [0.1, 0.15) is 22.3 Å². The monoisotopic (exact) mass is 292 g/mol. The van der Waals surface area contributed by atoms with Crippen molar-refractivity contribution < 1.29 is 4.79 Å². The summed E-state index contributed by atoms with van der Waals surface area (Å²) in [5.74, 6) is 0.192. The maximum absolute atomic E-state index is 12.4. The Morgan fingerprint density at radius 3 is 2.59 bits per heavy atom. The van der Waals surface area contributed by atoms with E-state index in [1.807, 2.05) is 48.7 Å². The number of H-pyrrole nitrogens is 1. The van der Waals surface area contributed by atoms with Crippen LogP contribution < -0.4 is 0 Å². The molecule has 0 aliphatic rings. The number of rotatable bonds is 6. The molecule has 22 heavy (non-hydrogen) atoms. The van der Waals surface area contributed by atoms with Gasteiger partial charge in [0.1, 0.15) is 0 Å². The minimum atomic E-state index is 0.192. The lowest BCUT2D eigenvalue weighted by Gasteiger charge is -2.16. The molecular weight excluding hydrogens is 272 g/mol. The van der Waals surface area contributed by atoms with Gasteiger partial charge in [0.25, 0.3) is 0 Å². The molecule has 0 radical (unpaired) electrons. The standard InChI is InChI=1S/C19H20N2O/c1-21(14-15-7-3-2-4-8-15)12-11-19(22)17-13-20-18-10-6-5-9-16(17)18/h2-10,13,20H,11-12,14H2,1H3. The normalized spacial score (nSPS) is 11.2. The van der Waals surface area contributed by atoms with Gasteiger partial charge in [-0.05, 0) is 18.7 Å². The Balaban J connectivity index is 1.60. The number of ketones is 1. The summed E-state index contributed by atoms with van der Waals surface area (Å²) in [5.41, 5.74) is 3.08. The number of nitrogens with zero attached hydrogens (tertiary/aromatic N) is 1. The van der Waals surface area contributed by atoms with Gasteiger partial charge in [0, 0.05) is 42.2 Å². The van der Waals surface area contributed by atoms with Gasteiger partial charge in [-0.15, -0.1) is 0 Å². The largest absolute Gasteiger partial charge is 0.360 e. The molecule has 3 heteroatoms. The first-order valence-corrected chi connectivity index (χ1v) is 7.56.